The summed E-state index contributed by atoms with van der Waals surface area (Å²) in [7, 11) is 1.55. The number of aromatic nitrogens is 1. The lowest BCUT2D eigenvalue weighted by Crippen LogP contribution is -2.29. The molecule has 26 heavy (non-hydrogen) atoms. The first kappa shape index (κ1) is 17.3. The molecular weight excluding hydrogens is 339 g/mol. The fourth-order valence-corrected chi connectivity index (χ4v) is 2.28. The molecule has 0 fully saturated rings. The van der Waals surface area contributed by atoms with Crippen molar-refractivity contribution in [1.82, 2.24) is 10.5 Å². The number of benzene rings is 2. The van der Waals surface area contributed by atoms with E-state index in [2.05, 4.69) is 10.5 Å². The predicted octanol–water partition coefficient (Wildman–Crippen LogP) is 3.10. The zero-order valence-electron chi connectivity index (χ0n) is 13.9. The molecule has 0 saturated carbocycles. The van der Waals surface area contributed by atoms with E-state index in [0.717, 1.165) is 0 Å². The third-order valence-electron chi connectivity index (χ3n) is 3.67. The van der Waals surface area contributed by atoms with Gasteiger partial charge in [-0.3, -0.25) is 9.59 Å². The number of hydrogen-bond acceptors (Lipinski definition) is 5. The molecule has 132 valence electrons. The standard InChI is InChI=1S/C19H15FN2O4/c1-25-15-4-2-3-13(9-15)18-10-16(22-26-18)19(24)21-11-17(23)12-5-7-14(20)8-6-12/h2-10H,11H2,1H3,(H,21,24). The van der Waals surface area contributed by atoms with Crippen molar-refractivity contribution in [2.75, 3.05) is 13.7 Å². The van der Waals surface area contributed by atoms with E-state index in [1.165, 1.54) is 30.3 Å². The van der Waals surface area contributed by atoms with Crippen molar-refractivity contribution in [1.29, 1.82) is 0 Å². The fraction of sp³-hybridized carbons (Fsp3) is 0.105. The molecule has 7 heteroatoms. The number of ketones is 1. The minimum Gasteiger partial charge on any atom is -0.497 e. The molecule has 1 aromatic heterocycles. The highest BCUT2D eigenvalue weighted by Gasteiger charge is 2.15. The summed E-state index contributed by atoms with van der Waals surface area (Å²) >= 11 is 0. The van der Waals surface area contributed by atoms with Crippen LogP contribution in [0.5, 0.6) is 5.75 Å². The molecule has 0 radical (unpaired) electrons. The highest BCUT2D eigenvalue weighted by Crippen LogP contribution is 2.24. The van der Waals surface area contributed by atoms with Crippen LogP contribution in [-0.4, -0.2) is 30.5 Å². The van der Waals surface area contributed by atoms with E-state index in [1.54, 1.807) is 31.4 Å². The number of amides is 1. The van der Waals surface area contributed by atoms with Crippen LogP contribution in [0.15, 0.2) is 59.1 Å². The van der Waals surface area contributed by atoms with E-state index in [4.69, 9.17) is 9.26 Å². The molecule has 0 aliphatic rings. The molecule has 0 unspecified atom stereocenters. The Morgan fingerprint density at radius 3 is 2.65 bits per heavy atom. The SMILES string of the molecule is COc1cccc(-c2cc(C(=O)NCC(=O)c3ccc(F)cc3)no2)c1. The van der Waals surface area contributed by atoms with Crippen molar-refractivity contribution < 1.29 is 23.2 Å². The van der Waals surface area contributed by atoms with E-state index < -0.39 is 11.7 Å². The maximum atomic E-state index is 12.9. The average Bonchev–Trinajstić information content (AvgIpc) is 3.17. The molecule has 0 aliphatic carbocycles. The van der Waals surface area contributed by atoms with Crippen LogP contribution in [-0.2, 0) is 0 Å². The lowest BCUT2D eigenvalue weighted by atomic mass is 10.1. The number of halogens is 1. The second kappa shape index (κ2) is 7.60. The molecule has 0 spiro atoms. The van der Waals surface area contributed by atoms with Crippen LogP contribution in [0.4, 0.5) is 4.39 Å². The Morgan fingerprint density at radius 2 is 1.92 bits per heavy atom. The summed E-state index contributed by atoms with van der Waals surface area (Å²) in [6.07, 6.45) is 0. The molecule has 1 amide bonds. The number of ether oxygens (including phenoxy) is 1. The summed E-state index contributed by atoms with van der Waals surface area (Å²) in [6.45, 7) is -0.230. The summed E-state index contributed by atoms with van der Waals surface area (Å²) in [5, 5.41) is 6.19. The normalized spacial score (nSPS) is 10.4. The van der Waals surface area contributed by atoms with Crippen LogP contribution >= 0.6 is 0 Å². The topological polar surface area (TPSA) is 81.4 Å². The number of nitrogens with one attached hydrogen (secondary N) is 1. The number of rotatable bonds is 6. The van der Waals surface area contributed by atoms with Crippen LogP contribution in [0.25, 0.3) is 11.3 Å². The number of Topliss-reactive ketones (excluding diaryl/α,β-unsaturated/α-hetero) is 1. The Bertz CT molecular complexity index is 935. The van der Waals surface area contributed by atoms with Gasteiger partial charge in [-0.15, -0.1) is 0 Å². The number of hydrogen-bond donors (Lipinski definition) is 1. The van der Waals surface area contributed by atoms with Gasteiger partial charge in [0.05, 0.1) is 13.7 Å². The van der Waals surface area contributed by atoms with Gasteiger partial charge in [0.15, 0.2) is 17.2 Å². The van der Waals surface area contributed by atoms with Crippen molar-refractivity contribution >= 4 is 11.7 Å². The van der Waals surface area contributed by atoms with Gasteiger partial charge >= 0.3 is 0 Å². The van der Waals surface area contributed by atoms with Gasteiger partial charge in [0, 0.05) is 17.2 Å². The van der Waals surface area contributed by atoms with Crippen LogP contribution in [0.3, 0.4) is 0 Å². The molecule has 1 N–H and O–H groups in total. The zero-order chi connectivity index (χ0) is 18.5. The van der Waals surface area contributed by atoms with E-state index in [-0.39, 0.29) is 18.0 Å². The Hall–Kier alpha value is -3.48. The monoisotopic (exact) mass is 354 g/mol. The van der Waals surface area contributed by atoms with Crippen molar-refractivity contribution in [2.24, 2.45) is 0 Å². The van der Waals surface area contributed by atoms with E-state index in [1.807, 2.05) is 0 Å². The molecule has 0 atom stereocenters. The average molecular weight is 354 g/mol. The summed E-state index contributed by atoms with van der Waals surface area (Å²) in [6, 6.07) is 13.7. The minimum atomic E-state index is -0.543. The minimum absolute atomic E-state index is 0.0507. The zero-order valence-corrected chi connectivity index (χ0v) is 13.9. The Labute approximate surface area is 148 Å². The first-order valence-corrected chi connectivity index (χ1v) is 7.75. The van der Waals surface area contributed by atoms with Gasteiger partial charge in [-0.1, -0.05) is 17.3 Å². The molecular formula is C19H15FN2O4. The van der Waals surface area contributed by atoms with Gasteiger partial charge in [-0.25, -0.2) is 4.39 Å². The molecule has 0 aliphatic heterocycles. The maximum Gasteiger partial charge on any atom is 0.273 e. The van der Waals surface area contributed by atoms with Crippen molar-refractivity contribution in [3.63, 3.8) is 0 Å². The highest BCUT2D eigenvalue weighted by atomic mass is 19.1. The number of carbonyl (C=O) groups excluding carboxylic acids is 2. The molecule has 6 nitrogen and oxygen atoms in total. The van der Waals surface area contributed by atoms with Gasteiger partial charge in [-0.2, -0.15) is 0 Å². The second-order valence-electron chi connectivity index (χ2n) is 5.42. The largest absolute Gasteiger partial charge is 0.497 e. The Kier molecular flexibility index (Phi) is 5.07. The third-order valence-corrected chi connectivity index (χ3v) is 3.67. The molecule has 3 aromatic rings. The first-order chi connectivity index (χ1) is 12.6. The Morgan fingerprint density at radius 1 is 1.15 bits per heavy atom. The first-order valence-electron chi connectivity index (χ1n) is 7.75. The summed E-state index contributed by atoms with van der Waals surface area (Å²) in [5.74, 6) is -0.264. The van der Waals surface area contributed by atoms with Crippen LogP contribution in [0.2, 0.25) is 0 Å². The quantitative estimate of drug-likeness (QED) is 0.688. The van der Waals surface area contributed by atoms with Gasteiger partial charge in [0.25, 0.3) is 5.91 Å². The third kappa shape index (κ3) is 3.94. The second-order valence-corrected chi connectivity index (χ2v) is 5.42. The summed E-state index contributed by atoms with van der Waals surface area (Å²) < 4.78 is 23.2. The van der Waals surface area contributed by atoms with Crippen LogP contribution in [0, 0.1) is 5.82 Å². The van der Waals surface area contributed by atoms with E-state index in [0.29, 0.717) is 22.6 Å². The molecule has 0 bridgehead atoms. The number of methoxy groups -OCH3 is 1. The van der Waals surface area contributed by atoms with Gasteiger partial charge < -0.3 is 14.6 Å². The fourth-order valence-electron chi connectivity index (χ4n) is 2.28. The molecule has 1 heterocycles. The van der Waals surface area contributed by atoms with Crippen molar-refractivity contribution in [2.45, 2.75) is 0 Å². The number of nitrogens with zero attached hydrogens (tertiary/aromatic N) is 1. The van der Waals surface area contributed by atoms with Crippen molar-refractivity contribution in [3.8, 4) is 17.1 Å². The smallest absolute Gasteiger partial charge is 0.273 e. The number of carbonyl (C=O) groups is 2. The van der Waals surface area contributed by atoms with Crippen LogP contribution in [0.1, 0.15) is 20.8 Å². The van der Waals surface area contributed by atoms with Gasteiger partial charge in [-0.05, 0) is 36.4 Å². The van der Waals surface area contributed by atoms with E-state index >= 15 is 0 Å². The molecule has 3 rings (SSSR count). The van der Waals surface area contributed by atoms with Gasteiger partial charge in [0.1, 0.15) is 11.6 Å². The lowest BCUT2D eigenvalue weighted by molar-refractivity contribution is 0.0898. The Balaban J connectivity index is 1.64. The summed E-state index contributed by atoms with van der Waals surface area (Å²) in [4.78, 5) is 24.1. The lowest BCUT2D eigenvalue weighted by Gasteiger charge is -2.02. The molecule has 2 aromatic carbocycles. The van der Waals surface area contributed by atoms with Crippen molar-refractivity contribution in [3.05, 3.63) is 71.7 Å². The van der Waals surface area contributed by atoms with Gasteiger partial charge in [0.2, 0.25) is 0 Å². The van der Waals surface area contributed by atoms with Crippen LogP contribution < -0.4 is 10.1 Å². The molecule has 0 saturated heterocycles. The van der Waals surface area contributed by atoms with E-state index in [9.17, 15) is 14.0 Å². The predicted molar refractivity (Wildman–Crippen MR) is 91.6 cm³/mol. The summed E-state index contributed by atoms with van der Waals surface area (Å²) in [5.41, 5.74) is 1.07. The highest BCUT2D eigenvalue weighted by molar-refractivity contribution is 6.01. The maximum absolute atomic E-state index is 12.9.